The highest BCUT2D eigenvalue weighted by Gasteiger charge is 2.41. The van der Waals surface area contributed by atoms with Gasteiger partial charge in [-0.25, -0.2) is 0 Å². The molecule has 0 radical (unpaired) electrons. The van der Waals surface area contributed by atoms with Gasteiger partial charge in [-0.05, 0) is 83.5 Å². The van der Waals surface area contributed by atoms with Gasteiger partial charge in [0.1, 0.15) is 5.78 Å². The van der Waals surface area contributed by atoms with E-state index in [4.69, 9.17) is 5.84 Å². The van der Waals surface area contributed by atoms with Crippen LogP contribution in [0.1, 0.15) is 83.0 Å². The monoisotopic (exact) mass is 809 g/mol. The Bertz CT molecular complexity index is 2550. The number of ketones is 1. The summed E-state index contributed by atoms with van der Waals surface area (Å²) < 4.78 is 0. The van der Waals surface area contributed by atoms with Crippen molar-refractivity contribution in [3.63, 3.8) is 0 Å². The molecule has 2 aromatic heterocycles. The molecule has 8 nitrogen and oxygen atoms in total. The zero-order valence-electron chi connectivity index (χ0n) is 35.1. The lowest BCUT2D eigenvalue weighted by Crippen LogP contribution is -2.36. The number of nitrogens with zero attached hydrogens (tertiary/aromatic N) is 2. The average molecular weight is 810 g/mol. The van der Waals surface area contributed by atoms with Crippen LogP contribution in [0.25, 0.3) is 21.8 Å². The van der Waals surface area contributed by atoms with Gasteiger partial charge in [-0.2, -0.15) is 0 Å². The Morgan fingerprint density at radius 3 is 1.62 bits per heavy atom. The fraction of sp³-hybridized carbons (Fsp3) is 0.340. The van der Waals surface area contributed by atoms with Gasteiger partial charge in [0.2, 0.25) is 0 Å². The highest BCUT2D eigenvalue weighted by molar-refractivity contribution is 5.87. The van der Waals surface area contributed by atoms with Gasteiger partial charge >= 0.3 is 0 Å². The van der Waals surface area contributed by atoms with Gasteiger partial charge in [-0.3, -0.25) is 20.4 Å². The molecule has 6 unspecified atom stereocenters. The maximum Gasteiger partial charge on any atom is 0.137 e. The Hall–Kier alpha value is -5.51. The van der Waals surface area contributed by atoms with E-state index in [2.05, 4.69) is 134 Å². The first-order chi connectivity index (χ1) is 30.1. The summed E-state index contributed by atoms with van der Waals surface area (Å²) in [6.45, 7) is 8.85. The van der Waals surface area contributed by atoms with Crippen LogP contribution in [0, 0.1) is 11.8 Å². The summed E-state index contributed by atoms with van der Waals surface area (Å²) in [7, 11) is 0. The Morgan fingerprint density at radius 1 is 0.525 bits per heavy atom. The number of carbonyl (C=O) groups is 1. The highest BCUT2D eigenvalue weighted by atomic mass is 16.1. The molecule has 7 aromatic rings. The van der Waals surface area contributed by atoms with Crippen molar-refractivity contribution in [2.45, 2.75) is 62.4 Å². The lowest BCUT2D eigenvalue weighted by atomic mass is 9.94. The molecule has 5 heterocycles. The van der Waals surface area contributed by atoms with Crippen molar-refractivity contribution in [1.82, 2.24) is 25.1 Å². The predicted molar refractivity (Wildman–Crippen MR) is 249 cm³/mol. The number of benzene rings is 5. The number of hydrogen-bond acceptors (Lipinski definition) is 6. The maximum absolute atomic E-state index is 11.6. The Morgan fingerprint density at radius 2 is 1.02 bits per heavy atom. The zero-order chi connectivity index (χ0) is 41.1. The van der Waals surface area contributed by atoms with Crippen LogP contribution in [-0.4, -0.2) is 64.8 Å². The molecular formula is C53H59N7O. The molecule has 0 spiro atoms. The van der Waals surface area contributed by atoms with E-state index in [1.165, 1.54) is 70.3 Å². The largest absolute Gasteiger partial charge is 0.358 e. The number of hydrogen-bond donors (Lipinski definition) is 5. The van der Waals surface area contributed by atoms with Crippen molar-refractivity contribution in [3.8, 4) is 0 Å². The Kier molecular flexibility index (Phi) is 11.6. The number of likely N-dealkylation sites (tertiary alicyclic amines) is 2. The van der Waals surface area contributed by atoms with Gasteiger partial charge in [-0.1, -0.05) is 115 Å². The van der Waals surface area contributed by atoms with Crippen molar-refractivity contribution in [2.75, 3.05) is 44.7 Å². The lowest BCUT2D eigenvalue weighted by molar-refractivity contribution is -0.120. The molecule has 312 valence electrons. The van der Waals surface area contributed by atoms with Gasteiger partial charge in [0.25, 0.3) is 0 Å². The van der Waals surface area contributed by atoms with Crippen LogP contribution in [0.4, 0.5) is 5.69 Å². The summed E-state index contributed by atoms with van der Waals surface area (Å²) >= 11 is 0. The van der Waals surface area contributed by atoms with Crippen molar-refractivity contribution >= 4 is 33.3 Å². The molecule has 1 saturated carbocycles. The minimum absolute atomic E-state index is 0.336. The van der Waals surface area contributed by atoms with Crippen LogP contribution < -0.4 is 16.6 Å². The number of para-hydroxylation sites is 3. The van der Waals surface area contributed by atoms with E-state index in [1.54, 1.807) is 11.1 Å². The van der Waals surface area contributed by atoms with Crippen molar-refractivity contribution < 1.29 is 4.79 Å². The van der Waals surface area contributed by atoms with E-state index >= 15 is 0 Å². The van der Waals surface area contributed by atoms with Crippen LogP contribution in [0.3, 0.4) is 0 Å². The van der Waals surface area contributed by atoms with Gasteiger partial charge in [-0.15, -0.1) is 0 Å². The number of rotatable bonds is 5. The predicted octanol–water partition coefficient (Wildman–Crippen LogP) is 9.67. The van der Waals surface area contributed by atoms with Crippen LogP contribution in [0.5, 0.6) is 0 Å². The molecule has 4 fully saturated rings. The summed E-state index contributed by atoms with van der Waals surface area (Å²) in [5.74, 6) is 9.43. The Labute approximate surface area is 359 Å². The van der Waals surface area contributed by atoms with Crippen LogP contribution in [0.15, 0.2) is 140 Å². The summed E-state index contributed by atoms with van der Waals surface area (Å²) in [5, 5.41) is 6.42. The minimum Gasteiger partial charge on any atom is -0.358 e. The SMILES string of the molecule is NNc1ccccc1.O=C1CC2CC1CN(Cc1ccccc1)C2.c1ccc(CN2CC3CC(C2)c2c3[nH]c3ccccc23)cc1.c1ccc2c3c([nH]c2c1)C1CNCC3C1. The summed E-state index contributed by atoms with van der Waals surface area (Å²) in [5.41, 5.74) is 15.1. The van der Waals surface area contributed by atoms with E-state index in [-0.39, 0.29) is 0 Å². The topological polar surface area (TPSA) is 105 Å². The first-order valence-corrected chi connectivity index (χ1v) is 22.5. The van der Waals surface area contributed by atoms with Crippen molar-refractivity contribution in [1.29, 1.82) is 0 Å². The van der Waals surface area contributed by atoms with Crippen molar-refractivity contribution in [2.24, 2.45) is 17.7 Å². The molecule has 3 saturated heterocycles. The number of nitrogens with two attached hydrogens (primary N) is 1. The number of hydrazine groups is 1. The molecule has 61 heavy (non-hydrogen) atoms. The molecule has 6 bridgehead atoms. The number of aromatic nitrogens is 2. The molecule has 3 aliphatic heterocycles. The van der Waals surface area contributed by atoms with Crippen LogP contribution in [0.2, 0.25) is 0 Å². The number of nitrogens with one attached hydrogen (secondary N) is 4. The second-order valence-corrected chi connectivity index (χ2v) is 18.3. The summed E-state index contributed by atoms with van der Waals surface area (Å²) in [6.07, 6.45) is 4.65. The minimum atomic E-state index is 0.336. The molecular weight excluding hydrogens is 751 g/mol. The number of Topliss-reactive ketones (excluding diaryl/α,β-unsaturated/α-hetero) is 1. The number of carbonyl (C=O) groups excluding carboxylic acids is 1. The molecule has 5 aromatic carbocycles. The van der Waals surface area contributed by atoms with Gasteiger partial charge in [0.05, 0.1) is 0 Å². The van der Waals surface area contributed by atoms with Crippen LogP contribution >= 0.6 is 0 Å². The number of nitrogen functional groups attached to an aromatic ring is 1. The second-order valence-electron chi connectivity index (χ2n) is 18.3. The summed E-state index contributed by atoms with van der Waals surface area (Å²) in [4.78, 5) is 24.0. The number of fused-ring (bicyclic) bond motifs is 16. The van der Waals surface area contributed by atoms with E-state index in [9.17, 15) is 4.79 Å². The molecule has 3 aliphatic carbocycles. The third kappa shape index (κ3) is 8.55. The fourth-order valence-electron chi connectivity index (χ4n) is 11.5. The quantitative estimate of drug-likeness (QED) is 0.0877. The first-order valence-electron chi connectivity index (χ1n) is 22.5. The second kappa shape index (κ2) is 17.8. The number of anilines is 1. The van der Waals surface area contributed by atoms with Gasteiger partial charge in [0, 0.05) is 115 Å². The smallest absolute Gasteiger partial charge is 0.137 e. The third-order valence-corrected chi connectivity index (χ3v) is 14.1. The average Bonchev–Trinajstić information content (AvgIpc) is 4.08. The standard InChI is InChI=1S/C20H20N2.C14H17NO.C13H14N2.C6H8N2/c1-2-6-14(7-3-1)11-22-12-15-10-16(13-22)20-19(15)17-8-4-5-9-18(17)21-20;16-14-7-12-6-13(14)10-15(9-12)8-11-4-2-1-3-5-11;1-2-4-11-10(3-1)12-8-5-9(7-14-6-8)13(12)15-11;7-8-6-4-2-1-3-5-6/h1-9,15-16,21H,10-13H2;1-5,12-13H,6-10H2;1-4,8-9,14-15H,5-7H2;1-5,8H,7H2. The first kappa shape index (κ1) is 39.6. The normalized spacial score (nSPS) is 24.4. The van der Waals surface area contributed by atoms with Gasteiger partial charge < -0.3 is 20.7 Å². The third-order valence-electron chi connectivity index (χ3n) is 14.1. The lowest BCUT2D eigenvalue weighted by Gasteiger charge is -2.32. The van der Waals surface area contributed by atoms with Crippen LogP contribution in [-0.2, 0) is 17.9 Å². The Balaban J connectivity index is 0.000000102. The zero-order valence-corrected chi connectivity index (χ0v) is 35.1. The molecule has 6 N–H and O–H groups in total. The molecule has 6 aliphatic rings. The van der Waals surface area contributed by atoms with E-state index in [0.717, 1.165) is 69.6 Å². The maximum atomic E-state index is 11.6. The molecule has 8 heteroatoms. The molecule has 6 atom stereocenters. The molecule has 0 amide bonds. The summed E-state index contributed by atoms with van der Waals surface area (Å²) in [6, 6.07) is 48.5. The number of H-pyrrole nitrogens is 2. The van der Waals surface area contributed by atoms with E-state index in [1.807, 2.05) is 36.4 Å². The highest BCUT2D eigenvalue weighted by Crippen LogP contribution is 2.49. The van der Waals surface area contributed by atoms with E-state index in [0.29, 0.717) is 29.5 Å². The number of aromatic amines is 2. The fourth-order valence-corrected chi connectivity index (χ4v) is 11.5. The molecule has 13 rings (SSSR count). The number of piperidine rings is 3. The van der Waals surface area contributed by atoms with Gasteiger partial charge in [0.15, 0.2) is 0 Å². The van der Waals surface area contributed by atoms with Crippen molar-refractivity contribution in [3.05, 3.63) is 173 Å². The van der Waals surface area contributed by atoms with E-state index < -0.39 is 0 Å².